The number of aryl methyl sites for hydroxylation is 2. The number of alkyl halides is 1. The lowest BCUT2D eigenvalue weighted by molar-refractivity contribution is 0.625. The lowest BCUT2D eigenvalue weighted by Gasteiger charge is -2.16. The van der Waals surface area contributed by atoms with Gasteiger partial charge < -0.3 is 0 Å². The van der Waals surface area contributed by atoms with Gasteiger partial charge in [0.05, 0.1) is 5.38 Å². The van der Waals surface area contributed by atoms with Gasteiger partial charge in [0, 0.05) is 4.47 Å². The number of halogens is 3. The molecule has 2 rings (SSSR count). The highest BCUT2D eigenvalue weighted by molar-refractivity contribution is 9.10. The summed E-state index contributed by atoms with van der Waals surface area (Å²) < 4.78 is 14.3. The van der Waals surface area contributed by atoms with Gasteiger partial charge in [-0.2, -0.15) is 0 Å². The molecule has 1 unspecified atom stereocenters. The Labute approximate surface area is 133 Å². The van der Waals surface area contributed by atoms with E-state index in [4.69, 9.17) is 11.6 Å². The van der Waals surface area contributed by atoms with Crippen molar-refractivity contribution in [3.8, 4) is 0 Å². The van der Waals surface area contributed by atoms with Crippen LogP contribution in [-0.4, -0.2) is 0 Å². The molecule has 0 bridgehead atoms. The SMILES string of the molecule is CCc1ccc(CC)c(C(Cl)c2cc(F)cc(Br)c2)c1. The van der Waals surface area contributed by atoms with Crippen molar-refractivity contribution >= 4 is 27.5 Å². The summed E-state index contributed by atoms with van der Waals surface area (Å²) in [5.74, 6) is -0.273. The Balaban J connectivity index is 2.48. The molecule has 2 aromatic carbocycles. The summed E-state index contributed by atoms with van der Waals surface area (Å²) in [6, 6.07) is 11.2. The van der Waals surface area contributed by atoms with Crippen LogP contribution in [0.15, 0.2) is 40.9 Å². The summed E-state index contributed by atoms with van der Waals surface area (Å²) >= 11 is 9.92. The largest absolute Gasteiger partial charge is 0.207 e. The fraction of sp³-hybridized carbons (Fsp3) is 0.294. The molecule has 0 saturated carbocycles. The van der Waals surface area contributed by atoms with Gasteiger partial charge in [0.15, 0.2) is 0 Å². The van der Waals surface area contributed by atoms with E-state index in [9.17, 15) is 4.39 Å². The van der Waals surface area contributed by atoms with Gasteiger partial charge in [0.1, 0.15) is 5.82 Å². The summed E-state index contributed by atoms with van der Waals surface area (Å²) in [6.07, 6.45) is 1.88. The van der Waals surface area contributed by atoms with Crippen LogP contribution >= 0.6 is 27.5 Å². The predicted molar refractivity (Wildman–Crippen MR) is 87.0 cm³/mol. The average Bonchev–Trinajstić information content (AvgIpc) is 2.44. The van der Waals surface area contributed by atoms with E-state index < -0.39 is 0 Å². The van der Waals surface area contributed by atoms with E-state index in [0.29, 0.717) is 4.47 Å². The molecule has 0 aliphatic rings. The molecule has 0 spiro atoms. The second-order valence-electron chi connectivity index (χ2n) is 4.81. The molecular formula is C17H17BrClF. The van der Waals surface area contributed by atoms with Gasteiger partial charge in [-0.15, -0.1) is 11.6 Å². The summed E-state index contributed by atoms with van der Waals surface area (Å²) in [4.78, 5) is 0. The lowest BCUT2D eigenvalue weighted by atomic mass is 9.95. The molecule has 0 amide bonds. The second-order valence-corrected chi connectivity index (χ2v) is 6.16. The molecule has 0 radical (unpaired) electrons. The predicted octanol–water partition coefficient (Wildman–Crippen LogP) is 6.04. The van der Waals surface area contributed by atoms with Gasteiger partial charge in [-0.05, 0) is 53.3 Å². The Hall–Kier alpha value is -0.860. The summed E-state index contributed by atoms with van der Waals surface area (Å²) in [6.45, 7) is 4.22. The molecule has 0 fully saturated rings. The molecule has 20 heavy (non-hydrogen) atoms. The molecular weight excluding hydrogens is 339 g/mol. The molecule has 0 aliphatic carbocycles. The Bertz CT molecular complexity index is 590. The van der Waals surface area contributed by atoms with E-state index >= 15 is 0 Å². The Morgan fingerprint density at radius 1 is 1.10 bits per heavy atom. The fourth-order valence-electron chi connectivity index (χ4n) is 2.32. The minimum atomic E-state index is -0.330. The van der Waals surface area contributed by atoms with Gasteiger partial charge in [-0.25, -0.2) is 4.39 Å². The van der Waals surface area contributed by atoms with Gasteiger partial charge in [-0.3, -0.25) is 0 Å². The summed E-state index contributed by atoms with van der Waals surface area (Å²) in [5, 5.41) is -0.330. The number of hydrogen-bond donors (Lipinski definition) is 0. The highest BCUT2D eigenvalue weighted by atomic mass is 79.9. The first-order chi connectivity index (χ1) is 9.55. The maximum absolute atomic E-state index is 13.5. The van der Waals surface area contributed by atoms with Crippen molar-refractivity contribution in [2.45, 2.75) is 32.1 Å². The average molecular weight is 356 g/mol. The summed E-state index contributed by atoms with van der Waals surface area (Å²) in [7, 11) is 0. The van der Waals surface area contributed by atoms with Crippen LogP contribution in [0.5, 0.6) is 0 Å². The van der Waals surface area contributed by atoms with Crippen LogP contribution in [0.4, 0.5) is 4.39 Å². The van der Waals surface area contributed by atoms with Crippen LogP contribution in [0.3, 0.4) is 0 Å². The van der Waals surface area contributed by atoms with E-state index in [1.54, 1.807) is 0 Å². The first kappa shape index (κ1) is 15.5. The van der Waals surface area contributed by atoms with Crippen LogP contribution in [0.2, 0.25) is 0 Å². The second kappa shape index (κ2) is 6.73. The topological polar surface area (TPSA) is 0 Å². The third-order valence-electron chi connectivity index (χ3n) is 3.45. The molecule has 0 nitrogen and oxygen atoms in total. The first-order valence-corrected chi connectivity index (χ1v) is 7.99. The zero-order chi connectivity index (χ0) is 14.7. The van der Waals surface area contributed by atoms with E-state index in [0.717, 1.165) is 24.0 Å². The van der Waals surface area contributed by atoms with Crippen LogP contribution in [0.1, 0.15) is 41.5 Å². The van der Waals surface area contributed by atoms with E-state index in [-0.39, 0.29) is 11.2 Å². The molecule has 0 aliphatic heterocycles. The minimum Gasteiger partial charge on any atom is -0.207 e. The quantitative estimate of drug-likeness (QED) is 0.586. The van der Waals surface area contributed by atoms with Crippen molar-refractivity contribution in [2.75, 3.05) is 0 Å². The summed E-state index contributed by atoms with van der Waals surface area (Å²) in [5.41, 5.74) is 4.31. The van der Waals surface area contributed by atoms with Crippen molar-refractivity contribution in [1.82, 2.24) is 0 Å². The minimum absolute atomic E-state index is 0.273. The van der Waals surface area contributed by atoms with Gasteiger partial charge in [0.2, 0.25) is 0 Å². The molecule has 1 atom stereocenters. The van der Waals surface area contributed by atoms with Crippen molar-refractivity contribution in [3.63, 3.8) is 0 Å². The third-order valence-corrected chi connectivity index (χ3v) is 4.39. The molecule has 0 aromatic heterocycles. The molecule has 3 heteroatoms. The molecule has 0 heterocycles. The highest BCUT2D eigenvalue weighted by Crippen LogP contribution is 2.34. The van der Waals surface area contributed by atoms with E-state index in [1.807, 2.05) is 6.07 Å². The monoisotopic (exact) mass is 354 g/mol. The van der Waals surface area contributed by atoms with E-state index in [1.165, 1.54) is 23.3 Å². The van der Waals surface area contributed by atoms with Crippen LogP contribution in [0, 0.1) is 5.82 Å². The number of benzene rings is 2. The van der Waals surface area contributed by atoms with Gasteiger partial charge >= 0.3 is 0 Å². The fourth-order valence-corrected chi connectivity index (χ4v) is 3.14. The van der Waals surface area contributed by atoms with Crippen molar-refractivity contribution in [1.29, 1.82) is 0 Å². The Morgan fingerprint density at radius 2 is 1.85 bits per heavy atom. The van der Waals surface area contributed by atoms with Crippen LogP contribution in [0.25, 0.3) is 0 Å². The zero-order valence-corrected chi connectivity index (χ0v) is 13.9. The normalized spacial score (nSPS) is 12.4. The molecule has 0 N–H and O–H groups in total. The number of hydrogen-bond acceptors (Lipinski definition) is 0. The lowest BCUT2D eigenvalue weighted by Crippen LogP contribution is -2.00. The zero-order valence-electron chi connectivity index (χ0n) is 11.6. The van der Waals surface area contributed by atoms with Crippen molar-refractivity contribution in [2.24, 2.45) is 0 Å². The van der Waals surface area contributed by atoms with E-state index in [2.05, 4.69) is 48.0 Å². The van der Waals surface area contributed by atoms with Gasteiger partial charge in [0.25, 0.3) is 0 Å². The van der Waals surface area contributed by atoms with Crippen molar-refractivity contribution < 1.29 is 4.39 Å². The van der Waals surface area contributed by atoms with Crippen LogP contribution in [-0.2, 0) is 12.8 Å². The molecule has 2 aromatic rings. The molecule has 106 valence electrons. The number of rotatable bonds is 4. The standard InChI is InChI=1S/C17H17BrClF/c1-3-11-5-6-12(4-2)16(7-11)17(19)13-8-14(18)10-15(20)9-13/h5-10,17H,3-4H2,1-2H3. The maximum atomic E-state index is 13.5. The maximum Gasteiger partial charge on any atom is 0.124 e. The van der Waals surface area contributed by atoms with Gasteiger partial charge in [-0.1, -0.05) is 48.0 Å². The first-order valence-electron chi connectivity index (χ1n) is 6.76. The Kier molecular flexibility index (Phi) is 5.22. The smallest absolute Gasteiger partial charge is 0.124 e. The Morgan fingerprint density at radius 3 is 2.45 bits per heavy atom. The third kappa shape index (κ3) is 3.42. The van der Waals surface area contributed by atoms with Crippen LogP contribution < -0.4 is 0 Å². The molecule has 0 saturated heterocycles. The van der Waals surface area contributed by atoms with Crippen molar-refractivity contribution in [3.05, 3.63) is 68.9 Å². The highest BCUT2D eigenvalue weighted by Gasteiger charge is 2.16.